The van der Waals surface area contributed by atoms with Crippen molar-refractivity contribution in [2.45, 2.75) is 44.5 Å². The fraction of sp³-hybridized carbons (Fsp3) is 0.800. The van der Waals surface area contributed by atoms with E-state index >= 15 is 0 Å². The number of unbranched alkanes of at least 4 members (excludes halogenated alkanes) is 1. The Morgan fingerprint density at radius 2 is 1.69 bits per heavy atom. The third-order valence-corrected chi connectivity index (χ3v) is 2.21. The molecule has 16 heavy (non-hydrogen) atoms. The standard InChI is InChI=1S/C10H16O6/c11-7-2-1-6-10(14)15-8(12)4-3-5-9(13)16-10/h11,14H,1-7H2. The first-order valence-corrected chi connectivity index (χ1v) is 5.33. The van der Waals surface area contributed by atoms with Gasteiger partial charge in [-0.1, -0.05) is 0 Å². The number of hydrogen-bond acceptors (Lipinski definition) is 6. The molecule has 6 nitrogen and oxygen atoms in total. The molecule has 0 aromatic heterocycles. The summed E-state index contributed by atoms with van der Waals surface area (Å²) < 4.78 is 9.38. The molecule has 0 aromatic carbocycles. The largest absolute Gasteiger partial charge is 0.398 e. The van der Waals surface area contributed by atoms with Crippen LogP contribution in [0.2, 0.25) is 0 Å². The highest BCUT2D eigenvalue weighted by Gasteiger charge is 2.37. The summed E-state index contributed by atoms with van der Waals surface area (Å²) in [6.45, 7) is -0.0298. The maximum absolute atomic E-state index is 11.2. The van der Waals surface area contributed by atoms with Crippen molar-refractivity contribution in [1.29, 1.82) is 0 Å². The molecule has 1 aliphatic rings. The molecule has 0 spiro atoms. The number of ether oxygens (including phenoxy) is 2. The van der Waals surface area contributed by atoms with E-state index < -0.39 is 17.9 Å². The zero-order valence-electron chi connectivity index (χ0n) is 8.98. The topological polar surface area (TPSA) is 93.1 Å². The summed E-state index contributed by atoms with van der Waals surface area (Å²) in [5.41, 5.74) is 0. The summed E-state index contributed by atoms with van der Waals surface area (Å²) in [5.74, 6) is -3.33. The average molecular weight is 232 g/mol. The molecule has 6 heteroatoms. The molecule has 1 aliphatic heterocycles. The number of cyclic esters (lactones) is 2. The lowest BCUT2D eigenvalue weighted by Crippen LogP contribution is -2.41. The van der Waals surface area contributed by atoms with E-state index in [-0.39, 0.29) is 25.9 Å². The van der Waals surface area contributed by atoms with Crippen molar-refractivity contribution in [3.63, 3.8) is 0 Å². The molecular weight excluding hydrogens is 216 g/mol. The molecule has 1 saturated heterocycles. The zero-order chi connectivity index (χ0) is 12.0. The fourth-order valence-corrected chi connectivity index (χ4v) is 1.42. The molecule has 1 heterocycles. The van der Waals surface area contributed by atoms with Gasteiger partial charge in [-0.2, -0.15) is 0 Å². The van der Waals surface area contributed by atoms with E-state index in [1.807, 2.05) is 0 Å². The Bertz CT molecular complexity index is 244. The Labute approximate surface area is 93.2 Å². The molecule has 92 valence electrons. The number of esters is 2. The van der Waals surface area contributed by atoms with Gasteiger partial charge in [-0.05, 0) is 19.3 Å². The van der Waals surface area contributed by atoms with Gasteiger partial charge in [-0.3, -0.25) is 9.59 Å². The Balaban J connectivity index is 2.56. The lowest BCUT2D eigenvalue weighted by atomic mass is 10.2. The highest BCUT2D eigenvalue weighted by Crippen LogP contribution is 2.22. The maximum Gasteiger partial charge on any atom is 0.373 e. The van der Waals surface area contributed by atoms with Gasteiger partial charge in [0.05, 0.1) is 6.42 Å². The van der Waals surface area contributed by atoms with Gasteiger partial charge >= 0.3 is 17.9 Å². The van der Waals surface area contributed by atoms with Crippen LogP contribution in [-0.2, 0) is 19.1 Å². The zero-order valence-corrected chi connectivity index (χ0v) is 8.98. The van der Waals surface area contributed by atoms with Crippen molar-refractivity contribution >= 4 is 11.9 Å². The molecule has 0 atom stereocenters. The fourth-order valence-electron chi connectivity index (χ4n) is 1.42. The van der Waals surface area contributed by atoms with Gasteiger partial charge in [0.2, 0.25) is 0 Å². The molecule has 1 rings (SSSR count). The van der Waals surface area contributed by atoms with Gasteiger partial charge in [0.25, 0.3) is 0 Å². The van der Waals surface area contributed by atoms with E-state index in [1.54, 1.807) is 0 Å². The molecule has 0 bridgehead atoms. The van der Waals surface area contributed by atoms with Gasteiger partial charge in [0.1, 0.15) is 0 Å². The highest BCUT2D eigenvalue weighted by molar-refractivity contribution is 5.74. The quantitative estimate of drug-likeness (QED) is 0.526. The third-order valence-electron chi connectivity index (χ3n) is 2.21. The van der Waals surface area contributed by atoms with Crippen LogP contribution in [0.1, 0.15) is 38.5 Å². The Morgan fingerprint density at radius 1 is 1.12 bits per heavy atom. The summed E-state index contributed by atoms with van der Waals surface area (Å²) in [7, 11) is 0. The normalized spacial score (nSPS) is 20.6. The van der Waals surface area contributed by atoms with Crippen LogP contribution >= 0.6 is 0 Å². The molecule has 0 unspecified atom stereocenters. The van der Waals surface area contributed by atoms with Gasteiger partial charge in [-0.15, -0.1) is 0 Å². The second-order valence-electron chi connectivity index (χ2n) is 3.70. The van der Waals surface area contributed by atoms with Gasteiger partial charge in [0.15, 0.2) is 0 Å². The van der Waals surface area contributed by atoms with E-state index in [1.165, 1.54) is 0 Å². The molecule has 0 amide bonds. The van der Waals surface area contributed by atoms with Crippen molar-refractivity contribution in [2.75, 3.05) is 6.61 Å². The number of aliphatic hydroxyl groups is 2. The Morgan fingerprint density at radius 3 is 2.19 bits per heavy atom. The molecule has 0 aliphatic carbocycles. The van der Waals surface area contributed by atoms with Crippen LogP contribution in [0.3, 0.4) is 0 Å². The Kier molecular flexibility index (Phi) is 4.70. The summed E-state index contributed by atoms with van der Waals surface area (Å²) in [6, 6.07) is 0. The first-order chi connectivity index (χ1) is 7.56. The van der Waals surface area contributed by atoms with Crippen LogP contribution in [0.4, 0.5) is 0 Å². The summed E-state index contributed by atoms with van der Waals surface area (Å²) >= 11 is 0. The third kappa shape index (κ3) is 4.16. The molecule has 1 fully saturated rings. The van der Waals surface area contributed by atoms with Crippen LogP contribution in [0.5, 0.6) is 0 Å². The molecule has 0 aromatic rings. The number of carbonyl (C=O) groups is 2. The second kappa shape index (κ2) is 5.81. The summed E-state index contributed by atoms with van der Waals surface area (Å²) in [6.07, 6.45) is 1.37. The monoisotopic (exact) mass is 232 g/mol. The van der Waals surface area contributed by atoms with Gasteiger partial charge in [-0.25, -0.2) is 0 Å². The SMILES string of the molecule is O=C1CCCC(=O)OC(O)(CCCCO)O1. The van der Waals surface area contributed by atoms with Crippen molar-refractivity contribution < 1.29 is 29.3 Å². The predicted molar refractivity (Wildman–Crippen MR) is 51.9 cm³/mol. The number of rotatable bonds is 4. The number of hydrogen-bond donors (Lipinski definition) is 2. The van der Waals surface area contributed by atoms with Crippen LogP contribution in [-0.4, -0.2) is 34.7 Å². The van der Waals surface area contributed by atoms with Crippen LogP contribution < -0.4 is 0 Å². The number of carbonyl (C=O) groups excluding carboxylic acids is 2. The summed E-state index contributed by atoms with van der Waals surface area (Å²) in [4.78, 5) is 22.3. The molecule has 0 radical (unpaired) electrons. The average Bonchev–Trinajstić information content (AvgIpc) is 2.15. The summed E-state index contributed by atoms with van der Waals surface area (Å²) in [5, 5.41) is 18.4. The first kappa shape index (κ1) is 12.9. The minimum Gasteiger partial charge on any atom is -0.398 e. The van der Waals surface area contributed by atoms with E-state index in [0.717, 1.165) is 0 Å². The van der Waals surface area contributed by atoms with E-state index in [0.29, 0.717) is 19.3 Å². The molecular formula is C10H16O6. The molecule has 0 saturated carbocycles. The van der Waals surface area contributed by atoms with Crippen LogP contribution in [0, 0.1) is 0 Å². The Hall–Kier alpha value is -1.14. The molecule has 2 N–H and O–H groups in total. The van der Waals surface area contributed by atoms with Gasteiger partial charge < -0.3 is 19.7 Å². The highest BCUT2D eigenvalue weighted by atomic mass is 16.8. The minimum atomic E-state index is -2.16. The minimum absolute atomic E-state index is 0.0228. The van der Waals surface area contributed by atoms with E-state index in [2.05, 4.69) is 9.47 Å². The van der Waals surface area contributed by atoms with Gasteiger partial charge in [0, 0.05) is 19.4 Å². The van der Waals surface area contributed by atoms with Crippen LogP contribution in [0.25, 0.3) is 0 Å². The predicted octanol–water partition coefficient (Wildman–Crippen LogP) is 0.0654. The van der Waals surface area contributed by atoms with E-state index in [4.69, 9.17) is 5.11 Å². The van der Waals surface area contributed by atoms with Crippen molar-refractivity contribution in [3.05, 3.63) is 0 Å². The van der Waals surface area contributed by atoms with E-state index in [9.17, 15) is 14.7 Å². The van der Waals surface area contributed by atoms with Crippen molar-refractivity contribution in [3.8, 4) is 0 Å². The second-order valence-corrected chi connectivity index (χ2v) is 3.70. The van der Waals surface area contributed by atoms with Crippen molar-refractivity contribution in [1.82, 2.24) is 0 Å². The lowest BCUT2D eigenvalue weighted by Gasteiger charge is -2.28. The lowest BCUT2D eigenvalue weighted by molar-refractivity contribution is -0.330. The smallest absolute Gasteiger partial charge is 0.373 e. The maximum atomic E-state index is 11.2. The first-order valence-electron chi connectivity index (χ1n) is 5.33. The van der Waals surface area contributed by atoms with Crippen LogP contribution in [0.15, 0.2) is 0 Å². The van der Waals surface area contributed by atoms with Crippen molar-refractivity contribution in [2.24, 2.45) is 0 Å². The number of aliphatic hydroxyl groups excluding tert-OH is 1.